The Bertz CT molecular complexity index is 240. The van der Waals surface area contributed by atoms with Crippen molar-refractivity contribution < 1.29 is 9.50 Å². The zero-order chi connectivity index (χ0) is 6.15. The average molecular weight is 135 g/mol. The van der Waals surface area contributed by atoms with Crippen LogP contribution in [0.3, 0.4) is 0 Å². The highest BCUT2D eigenvalue weighted by Gasteiger charge is 2.05. The first-order chi connectivity index (χ1) is 3.72. The minimum atomic E-state index is -1.10. The van der Waals surface area contributed by atoms with Crippen LogP contribution in [0, 0.1) is 5.82 Å². The first-order valence-corrected chi connectivity index (χ1v) is 2.59. The highest BCUT2D eigenvalue weighted by Crippen LogP contribution is 2.13. The largest absolute Gasteiger partial charge is 0.496 e. The van der Waals surface area contributed by atoms with Crippen molar-refractivity contribution in [3.63, 3.8) is 0 Å². The van der Waals surface area contributed by atoms with Crippen LogP contribution in [-0.4, -0.2) is 9.48 Å². The summed E-state index contributed by atoms with van der Waals surface area (Å²) in [5, 5.41) is 7.76. The topological polar surface area (TPSA) is 53.1 Å². The number of nitrogens with one attached hydrogen (secondary N) is 1. The fourth-order valence-corrected chi connectivity index (χ4v) is 0.743. The zero-order valence-electron chi connectivity index (χ0n) is 3.64. The molecule has 1 aromatic heterocycles. The Kier molecular flexibility index (Phi) is 1.05. The van der Waals surface area contributed by atoms with Gasteiger partial charge in [-0.25, -0.2) is 0 Å². The van der Waals surface area contributed by atoms with Gasteiger partial charge in [0.1, 0.15) is 0 Å². The van der Waals surface area contributed by atoms with E-state index in [-0.39, 0.29) is 0 Å². The van der Waals surface area contributed by atoms with Gasteiger partial charge in [0.25, 0.3) is 5.56 Å². The monoisotopic (exact) mass is 135 g/mol. The molecule has 0 aliphatic carbocycles. The molecule has 1 heterocycles. The predicted molar refractivity (Wildman–Crippen MR) is 26.6 cm³/mol. The Morgan fingerprint density at radius 3 is 2.50 bits per heavy atom. The lowest BCUT2D eigenvalue weighted by Gasteiger charge is -1.72. The maximum absolute atomic E-state index is 11.9. The van der Waals surface area contributed by atoms with Crippen molar-refractivity contribution in [1.29, 1.82) is 0 Å². The Balaban J connectivity index is 3.41. The van der Waals surface area contributed by atoms with E-state index < -0.39 is 16.4 Å². The van der Waals surface area contributed by atoms with E-state index in [2.05, 4.69) is 0 Å². The van der Waals surface area contributed by atoms with Crippen molar-refractivity contribution in [3.05, 3.63) is 16.2 Å². The van der Waals surface area contributed by atoms with Gasteiger partial charge in [-0.2, -0.15) is 4.39 Å². The van der Waals surface area contributed by atoms with Crippen molar-refractivity contribution in [1.82, 2.24) is 4.37 Å². The number of rotatable bonds is 0. The summed E-state index contributed by atoms with van der Waals surface area (Å²) in [5.41, 5.74) is -0.868. The van der Waals surface area contributed by atoms with Crippen LogP contribution in [-0.2, 0) is 0 Å². The van der Waals surface area contributed by atoms with Gasteiger partial charge < -0.3 is 5.11 Å². The fourth-order valence-electron chi connectivity index (χ4n) is 0.281. The van der Waals surface area contributed by atoms with Crippen LogP contribution in [0.15, 0.2) is 4.79 Å². The minimum absolute atomic E-state index is 0.574. The van der Waals surface area contributed by atoms with Gasteiger partial charge in [0.2, 0.25) is 10.9 Å². The maximum Gasteiger partial charge on any atom is 0.298 e. The third-order valence-electron chi connectivity index (χ3n) is 0.628. The smallest absolute Gasteiger partial charge is 0.298 e. The van der Waals surface area contributed by atoms with Crippen LogP contribution in [0.2, 0.25) is 0 Å². The standard InChI is InChI=1S/C3H2FNO2S/c4-1-2(6)5-8-3(1)7/h7H,(H,5,6). The molecule has 0 saturated carbocycles. The summed E-state index contributed by atoms with van der Waals surface area (Å²) in [6, 6.07) is 0. The van der Waals surface area contributed by atoms with E-state index in [1.165, 1.54) is 0 Å². The second-order valence-corrected chi connectivity index (χ2v) is 1.95. The van der Waals surface area contributed by atoms with E-state index in [0.29, 0.717) is 11.5 Å². The summed E-state index contributed by atoms with van der Waals surface area (Å²) in [7, 11) is 0. The molecule has 0 aliphatic heterocycles. The van der Waals surface area contributed by atoms with E-state index in [1.54, 1.807) is 0 Å². The molecule has 0 aromatic carbocycles. The number of H-pyrrole nitrogens is 1. The molecular weight excluding hydrogens is 133 g/mol. The predicted octanol–water partition coefficient (Wildman–Crippen LogP) is 0.281. The van der Waals surface area contributed by atoms with Crippen LogP contribution in [0.5, 0.6) is 5.06 Å². The van der Waals surface area contributed by atoms with Gasteiger partial charge in [0.05, 0.1) is 0 Å². The molecule has 0 fully saturated rings. The summed E-state index contributed by atoms with van der Waals surface area (Å²) >= 11 is 0.574. The van der Waals surface area contributed by atoms with Crippen LogP contribution in [0.4, 0.5) is 4.39 Å². The zero-order valence-corrected chi connectivity index (χ0v) is 4.46. The summed E-state index contributed by atoms with van der Waals surface area (Å²) in [4.78, 5) is 10.1. The second kappa shape index (κ2) is 1.59. The third kappa shape index (κ3) is 0.604. The summed E-state index contributed by atoms with van der Waals surface area (Å²) in [6.07, 6.45) is 0. The SMILES string of the molecule is O=c1[nH]sc(O)c1F. The third-order valence-corrected chi connectivity index (χ3v) is 1.29. The molecule has 0 spiro atoms. The summed E-state index contributed by atoms with van der Waals surface area (Å²) in [6.45, 7) is 0. The van der Waals surface area contributed by atoms with E-state index in [9.17, 15) is 9.18 Å². The van der Waals surface area contributed by atoms with E-state index in [0.717, 1.165) is 0 Å². The van der Waals surface area contributed by atoms with Crippen molar-refractivity contribution >= 4 is 11.5 Å². The number of hydrogen-bond acceptors (Lipinski definition) is 3. The van der Waals surface area contributed by atoms with Crippen molar-refractivity contribution in [2.24, 2.45) is 0 Å². The molecule has 8 heavy (non-hydrogen) atoms. The molecular formula is C3H2FNO2S. The molecule has 0 bridgehead atoms. The molecule has 0 saturated heterocycles. The number of aromatic nitrogens is 1. The van der Waals surface area contributed by atoms with E-state index in [4.69, 9.17) is 5.11 Å². The van der Waals surface area contributed by atoms with Crippen LogP contribution >= 0.6 is 11.5 Å². The molecule has 0 aliphatic rings. The maximum atomic E-state index is 11.9. The summed E-state index contributed by atoms with van der Waals surface area (Å²) in [5.74, 6) is -1.10. The highest BCUT2D eigenvalue weighted by molar-refractivity contribution is 7.07. The summed E-state index contributed by atoms with van der Waals surface area (Å²) < 4.78 is 13.9. The quantitative estimate of drug-likeness (QED) is 0.536. The van der Waals surface area contributed by atoms with Gasteiger partial charge in [0, 0.05) is 0 Å². The second-order valence-electron chi connectivity index (χ2n) is 1.15. The molecule has 0 unspecified atom stereocenters. The van der Waals surface area contributed by atoms with Crippen LogP contribution in [0.1, 0.15) is 0 Å². The van der Waals surface area contributed by atoms with Crippen molar-refractivity contribution in [3.8, 4) is 5.06 Å². The lowest BCUT2D eigenvalue weighted by atomic mass is 10.7. The molecule has 5 heteroatoms. The van der Waals surface area contributed by atoms with Crippen molar-refractivity contribution in [2.75, 3.05) is 0 Å². The van der Waals surface area contributed by atoms with Gasteiger partial charge in [-0.1, -0.05) is 0 Å². The molecule has 44 valence electrons. The molecule has 1 aromatic rings. The van der Waals surface area contributed by atoms with E-state index >= 15 is 0 Å². The van der Waals surface area contributed by atoms with Gasteiger partial charge in [-0.05, 0) is 11.5 Å². The Morgan fingerprint density at radius 2 is 2.38 bits per heavy atom. The van der Waals surface area contributed by atoms with Crippen molar-refractivity contribution in [2.45, 2.75) is 0 Å². The van der Waals surface area contributed by atoms with Gasteiger partial charge in [0.15, 0.2) is 0 Å². The van der Waals surface area contributed by atoms with Gasteiger partial charge in [-0.3, -0.25) is 9.17 Å². The highest BCUT2D eigenvalue weighted by atomic mass is 32.1. The lowest BCUT2D eigenvalue weighted by molar-refractivity contribution is 0.446. The van der Waals surface area contributed by atoms with Crippen LogP contribution < -0.4 is 5.56 Å². The van der Waals surface area contributed by atoms with Gasteiger partial charge in [-0.15, -0.1) is 0 Å². The Hall–Kier alpha value is -0.840. The number of halogens is 1. The molecule has 0 amide bonds. The number of hydrogen-bond donors (Lipinski definition) is 2. The average Bonchev–Trinajstić information content (AvgIpc) is 1.98. The lowest BCUT2D eigenvalue weighted by Crippen LogP contribution is -2.00. The number of aromatic amines is 1. The molecule has 0 atom stereocenters. The van der Waals surface area contributed by atoms with Gasteiger partial charge >= 0.3 is 0 Å². The first-order valence-electron chi connectivity index (χ1n) is 1.77. The fraction of sp³-hybridized carbons (Fsp3) is 0. The van der Waals surface area contributed by atoms with E-state index in [1.807, 2.05) is 4.37 Å². The molecule has 1 rings (SSSR count). The number of aromatic hydroxyl groups is 1. The van der Waals surface area contributed by atoms with Crippen LogP contribution in [0.25, 0.3) is 0 Å². The molecule has 3 nitrogen and oxygen atoms in total. The first kappa shape index (κ1) is 5.30. The Labute approximate surface area is 47.6 Å². The molecule has 2 N–H and O–H groups in total. The minimum Gasteiger partial charge on any atom is -0.496 e. The normalized spacial score (nSPS) is 9.62. The Morgan fingerprint density at radius 1 is 1.75 bits per heavy atom. The molecule has 0 radical (unpaired) electrons.